The van der Waals surface area contributed by atoms with Crippen LogP contribution in [-0.2, 0) is 4.74 Å². The van der Waals surface area contributed by atoms with Gasteiger partial charge in [0.15, 0.2) is 0 Å². The summed E-state index contributed by atoms with van der Waals surface area (Å²) < 4.78 is 5.42. The standard InChI is InChI=1S/C23H30N6O/c1-4-20-21(26-23(17-24-20)28-9-7-27(3)8-10-28)15-18(2)19-5-6-22(25-16-19)29-11-13-30-14-12-29/h4-6,15-17H,1,7-14H2,2-3H3/b18-15+. The van der Waals surface area contributed by atoms with Gasteiger partial charge >= 0.3 is 0 Å². The fourth-order valence-electron chi connectivity index (χ4n) is 3.74. The Balaban J connectivity index is 1.55. The lowest BCUT2D eigenvalue weighted by Gasteiger charge is -2.33. The number of allylic oxidation sites excluding steroid dienone is 1. The molecule has 0 N–H and O–H groups in total. The average molecular weight is 407 g/mol. The number of anilines is 2. The number of ether oxygens (including phenoxy) is 1. The van der Waals surface area contributed by atoms with E-state index in [1.807, 2.05) is 12.4 Å². The third-order valence-electron chi connectivity index (χ3n) is 5.73. The molecule has 2 aromatic heterocycles. The zero-order valence-electron chi connectivity index (χ0n) is 17.9. The molecular weight excluding hydrogens is 376 g/mol. The lowest BCUT2D eigenvalue weighted by Crippen LogP contribution is -2.44. The SMILES string of the molecule is C=Cc1ncc(N2CCN(C)CC2)nc1/C=C(\C)c1ccc(N2CCOCC2)nc1. The molecule has 0 unspecified atom stereocenters. The number of piperazine rings is 1. The molecule has 0 atom stereocenters. The zero-order chi connectivity index (χ0) is 20.9. The van der Waals surface area contributed by atoms with Crippen LogP contribution in [0.2, 0.25) is 0 Å². The first-order valence-electron chi connectivity index (χ1n) is 10.5. The highest BCUT2D eigenvalue weighted by Gasteiger charge is 2.17. The van der Waals surface area contributed by atoms with Crippen molar-refractivity contribution >= 4 is 29.4 Å². The van der Waals surface area contributed by atoms with Crippen molar-refractivity contribution in [3.8, 4) is 0 Å². The molecule has 7 heteroatoms. The number of rotatable bonds is 5. The fraction of sp³-hybridized carbons (Fsp3) is 0.435. The number of pyridine rings is 1. The van der Waals surface area contributed by atoms with Gasteiger partial charge in [0, 0.05) is 45.5 Å². The molecule has 4 rings (SSSR count). The lowest BCUT2D eigenvalue weighted by atomic mass is 10.1. The highest BCUT2D eigenvalue weighted by Crippen LogP contribution is 2.22. The topological polar surface area (TPSA) is 57.6 Å². The molecule has 158 valence electrons. The van der Waals surface area contributed by atoms with Gasteiger partial charge in [-0.15, -0.1) is 0 Å². The Labute approximate surface area is 178 Å². The van der Waals surface area contributed by atoms with Gasteiger partial charge in [0.25, 0.3) is 0 Å². The van der Waals surface area contributed by atoms with E-state index >= 15 is 0 Å². The summed E-state index contributed by atoms with van der Waals surface area (Å²) >= 11 is 0. The summed E-state index contributed by atoms with van der Waals surface area (Å²) in [5.74, 6) is 1.92. The first kappa shape index (κ1) is 20.5. The third-order valence-corrected chi connectivity index (χ3v) is 5.73. The van der Waals surface area contributed by atoms with E-state index in [2.05, 4.69) is 63.4 Å². The molecule has 0 bridgehead atoms. The second-order valence-electron chi connectivity index (χ2n) is 7.82. The van der Waals surface area contributed by atoms with Crippen LogP contribution >= 0.6 is 0 Å². The number of aromatic nitrogens is 3. The molecule has 2 aliphatic heterocycles. The second kappa shape index (κ2) is 9.36. The Morgan fingerprint density at radius 2 is 1.67 bits per heavy atom. The van der Waals surface area contributed by atoms with Gasteiger partial charge in [-0.2, -0.15) is 0 Å². The predicted octanol–water partition coefficient (Wildman–Crippen LogP) is 2.66. The van der Waals surface area contributed by atoms with E-state index in [1.165, 1.54) is 0 Å². The second-order valence-corrected chi connectivity index (χ2v) is 7.82. The number of likely N-dealkylation sites (N-methyl/N-ethyl adjacent to an activating group) is 1. The molecule has 0 amide bonds. The van der Waals surface area contributed by atoms with Crippen LogP contribution in [0.25, 0.3) is 17.7 Å². The van der Waals surface area contributed by atoms with E-state index in [0.717, 1.165) is 86.6 Å². The predicted molar refractivity (Wildman–Crippen MR) is 123 cm³/mol. The van der Waals surface area contributed by atoms with Gasteiger partial charge in [0.2, 0.25) is 0 Å². The van der Waals surface area contributed by atoms with Crippen molar-refractivity contribution in [1.29, 1.82) is 0 Å². The molecule has 2 aliphatic rings. The Kier molecular flexibility index (Phi) is 6.40. The van der Waals surface area contributed by atoms with E-state index in [4.69, 9.17) is 9.72 Å². The van der Waals surface area contributed by atoms with E-state index in [0.29, 0.717) is 0 Å². The van der Waals surface area contributed by atoms with Crippen molar-refractivity contribution in [2.75, 3.05) is 69.3 Å². The molecule has 2 aromatic rings. The number of morpholine rings is 1. The Morgan fingerprint density at radius 3 is 2.33 bits per heavy atom. The fourth-order valence-corrected chi connectivity index (χ4v) is 3.74. The van der Waals surface area contributed by atoms with Gasteiger partial charge in [-0.05, 0) is 49.4 Å². The van der Waals surface area contributed by atoms with E-state index in [-0.39, 0.29) is 0 Å². The van der Waals surface area contributed by atoms with Gasteiger partial charge in [-0.1, -0.05) is 6.58 Å². The van der Waals surface area contributed by atoms with Crippen LogP contribution in [0.1, 0.15) is 23.9 Å². The Bertz CT molecular complexity index is 896. The number of hydrogen-bond donors (Lipinski definition) is 0. The van der Waals surface area contributed by atoms with Crippen LogP contribution in [-0.4, -0.2) is 79.4 Å². The maximum atomic E-state index is 5.42. The van der Waals surface area contributed by atoms with E-state index in [9.17, 15) is 0 Å². The molecule has 7 nitrogen and oxygen atoms in total. The van der Waals surface area contributed by atoms with Crippen LogP contribution in [0.3, 0.4) is 0 Å². The molecule has 4 heterocycles. The van der Waals surface area contributed by atoms with E-state index in [1.54, 1.807) is 6.08 Å². The third kappa shape index (κ3) is 4.68. The van der Waals surface area contributed by atoms with Crippen LogP contribution in [0.4, 0.5) is 11.6 Å². The van der Waals surface area contributed by atoms with Gasteiger partial charge in [-0.3, -0.25) is 4.98 Å². The average Bonchev–Trinajstić information content (AvgIpc) is 2.80. The number of nitrogens with zero attached hydrogens (tertiary/aromatic N) is 6. The van der Waals surface area contributed by atoms with Crippen molar-refractivity contribution in [3.63, 3.8) is 0 Å². The molecule has 2 fully saturated rings. The summed E-state index contributed by atoms with van der Waals surface area (Å²) in [5.41, 5.74) is 3.82. The maximum Gasteiger partial charge on any atom is 0.147 e. The van der Waals surface area contributed by atoms with Crippen molar-refractivity contribution in [2.45, 2.75) is 6.92 Å². The van der Waals surface area contributed by atoms with Crippen molar-refractivity contribution < 1.29 is 4.74 Å². The van der Waals surface area contributed by atoms with Crippen LogP contribution < -0.4 is 9.80 Å². The Hall–Kier alpha value is -2.77. The summed E-state index contributed by atoms with van der Waals surface area (Å²) in [4.78, 5) is 21.1. The molecular formula is C23H30N6O. The summed E-state index contributed by atoms with van der Waals surface area (Å²) in [6, 6.07) is 4.20. The molecule has 0 aliphatic carbocycles. The monoisotopic (exact) mass is 406 g/mol. The van der Waals surface area contributed by atoms with Gasteiger partial charge in [0.05, 0.1) is 30.8 Å². The minimum atomic E-state index is 0.759. The van der Waals surface area contributed by atoms with Gasteiger partial charge in [-0.25, -0.2) is 9.97 Å². The summed E-state index contributed by atoms with van der Waals surface area (Å²) in [6.45, 7) is 13.3. The smallest absolute Gasteiger partial charge is 0.147 e. The quantitative estimate of drug-likeness (QED) is 0.757. The highest BCUT2D eigenvalue weighted by atomic mass is 16.5. The van der Waals surface area contributed by atoms with Gasteiger partial charge < -0.3 is 19.4 Å². The van der Waals surface area contributed by atoms with Crippen molar-refractivity contribution in [1.82, 2.24) is 19.9 Å². The van der Waals surface area contributed by atoms with E-state index < -0.39 is 0 Å². The van der Waals surface area contributed by atoms with Crippen molar-refractivity contribution in [3.05, 3.63) is 48.1 Å². The normalized spacial score (nSPS) is 18.5. The maximum absolute atomic E-state index is 5.42. The lowest BCUT2D eigenvalue weighted by molar-refractivity contribution is 0.122. The number of hydrogen-bond acceptors (Lipinski definition) is 7. The first-order chi connectivity index (χ1) is 14.6. The molecule has 30 heavy (non-hydrogen) atoms. The highest BCUT2D eigenvalue weighted by molar-refractivity contribution is 5.81. The summed E-state index contributed by atoms with van der Waals surface area (Å²) in [7, 11) is 2.15. The molecule has 0 saturated carbocycles. The Morgan fingerprint density at radius 1 is 0.933 bits per heavy atom. The molecule has 0 aromatic carbocycles. The van der Waals surface area contributed by atoms with Gasteiger partial charge in [0.1, 0.15) is 11.6 Å². The zero-order valence-corrected chi connectivity index (χ0v) is 17.9. The summed E-state index contributed by atoms with van der Waals surface area (Å²) in [5, 5.41) is 0. The minimum absolute atomic E-state index is 0.759. The largest absolute Gasteiger partial charge is 0.378 e. The van der Waals surface area contributed by atoms with Crippen LogP contribution in [0, 0.1) is 0 Å². The first-order valence-corrected chi connectivity index (χ1v) is 10.5. The summed E-state index contributed by atoms with van der Waals surface area (Å²) in [6.07, 6.45) is 7.63. The molecule has 0 spiro atoms. The van der Waals surface area contributed by atoms with Crippen LogP contribution in [0.15, 0.2) is 31.1 Å². The molecule has 0 radical (unpaired) electrons. The van der Waals surface area contributed by atoms with Crippen LogP contribution in [0.5, 0.6) is 0 Å². The molecule has 2 saturated heterocycles. The minimum Gasteiger partial charge on any atom is -0.378 e. The van der Waals surface area contributed by atoms with Crippen molar-refractivity contribution in [2.24, 2.45) is 0 Å².